The van der Waals surface area contributed by atoms with Crippen LogP contribution in [0.1, 0.15) is 77.6 Å². The van der Waals surface area contributed by atoms with Gasteiger partial charge in [0.2, 0.25) is 0 Å². The molecular weight excluding hydrogens is 240 g/mol. The highest BCUT2D eigenvalue weighted by atomic mass is 14.5. The number of benzene rings is 1. The van der Waals surface area contributed by atoms with Crippen LogP contribution in [0.2, 0.25) is 0 Å². The predicted molar refractivity (Wildman–Crippen MR) is 91.6 cm³/mol. The van der Waals surface area contributed by atoms with E-state index in [1.807, 2.05) is 0 Å². The Morgan fingerprint density at radius 2 is 1.25 bits per heavy atom. The molecule has 0 N–H and O–H groups in total. The van der Waals surface area contributed by atoms with Gasteiger partial charge in [0.15, 0.2) is 0 Å². The summed E-state index contributed by atoms with van der Waals surface area (Å²) in [6, 6.07) is 4.88. The molecule has 0 atom stereocenters. The normalized spacial score (nSPS) is 13.7. The van der Waals surface area contributed by atoms with Gasteiger partial charge in [-0.3, -0.25) is 0 Å². The Labute approximate surface area is 127 Å². The second-order valence-corrected chi connectivity index (χ2v) is 8.56. The van der Waals surface area contributed by atoms with Gasteiger partial charge in [0.1, 0.15) is 0 Å². The lowest BCUT2D eigenvalue weighted by Gasteiger charge is -2.52. The van der Waals surface area contributed by atoms with Crippen molar-refractivity contribution in [2.45, 2.75) is 81.1 Å². The van der Waals surface area contributed by atoms with Gasteiger partial charge >= 0.3 is 0 Å². The lowest BCUT2D eigenvalue weighted by molar-refractivity contribution is 0.0693. The maximum atomic E-state index is 2.46. The van der Waals surface area contributed by atoms with Crippen molar-refractivity contribution in [1.29, 1.82) is 0 Å². The van der Waals surface area contributed by atoms with Crippen molar-refractivity contribution in [2.75, 3.05) is 0 Å². The summed E-state index contributed by atoms with van der Waals surface area (Å²) in [4.78, 5) is 0. The van der Waals surface area contributed by atoms with E-state index in [1.165, 1.54) is 22.3 Å². The van der Waals surface area contributed by atoms with Gasteiger partial charge in [-0.1, -0.05) is 67.5 Å². The Bertz CT molecular complexity index is 464. The van der Waals surface area contributed by atoms with Gasteiger partial charge in [0.25, 0.3) is 0 Å². The van der Waals surface area contributed by atoms with Crippen molar-refractivity contribution < 1.29 is 0 Å². The first-order chi connectivity index (χ1) is 8.86. The fourth-order valence-electron chi connectivity index (χ4n) is 3.58. The number of rotatable bonds is 2. The molecule has 0 aliphatic rings. The molecule has 0 aromatic heterocycles. The largest absolute Gasteiger partial charge is 0.0613 e. The zero-order valence-electron chi connectivity index (χ0n) is 15.4. The molecule has 0 heteroatoms. The third-order valence-corrected chi connectivity index (χ3v) is 5.73. The minimum Gasteiger partial charge on any atom is -0.0613 e. The average molecular weight is 274 g/mol. The summed E-state index contributed by atoms with van der Waals surface area (Å²) in [5.41, 5.74) is 6.47. The summed E-state index contributed by atoms with van der Waals surface area (Å²) in [7, 11) is 0. The molecule has 0 saturated heterocycles. The topological polar surface area (TPSA) is 0 Å². The van der Waals surface area contributed by atoms with E-state index in [0.717, 1.165) is 6.42 Å². The van der Waals surface area contributed by atoms with Gasteiger partial charge in [-0.2, -0.15) is 0 Å². The summed E-state index contributed by atoms with van der Waals surface area (Å²) >= 11 is 0. The average Bonchev–Trinajstić information content (AvgIpc) is 2.28. The molecule has 1 rings (SSSR count). The first kappa shape index (κ1) is 17.3. The molecule has 0 fully saturated rings. The molecule has 1 aromatic rings. The van der Waals surface area contributed by atoms with E-state index < -0.39 is 0 Å². The van der Waals surface area contributed by atoms with Gasteiger partial charge in [-0.25, -0.2) is 0 Å². The SMILES string of the molecule is CCc1cc(C(C)(C(C)(C)C)C(C)(C)C)cc(C)c1C. The number of hydrogen-bond donors (Lipinski definition) is 0. The first-order valence-corrected chi connectivity index (χ1v) is 7.97. The van der Waals surface area contributed by atoms with Gasteiger partial charge in [-0.15, -0.1) is 0 Å². The molecule has 0 radical (unpaired) electrons. The molecule has 0 unspecified atom stereocenters. The third-order valence-electron chi connectivity index (χ3n) is 5.73. The summed E-state index contributed by atoms with van der Waals surface area (Å²) in [5, 5.41) is 0. The van der Waals surface area contributed by atoms with E-state index in [9.17, 15) is 0 Å². The highest BCUT2D eigenvalue weighted by Crippen LogP contribution is 2.53. The van der Waals surface area contributed by atoms with Gasteiger partial charge in [0.05, 0.1) is 0 Å². The second-order valence-electron chi connectivity index (χ2n) is 8.56. The molecule has 0 nitrogen and oxygen atoms in total. The van der Waals surface area contributed by atoms with E-state index in [1.54, 1.807) is 0 Å². The van der Waals surface area contributed by atoms with E-state index in [4.69, 9.17) is 0 Å². The van der Waals surface area contributed by atoms with Crippen LogP contribution >= 0.6 is 0 Å². The Kier molecular flexibility index (Phi) is 4.49. The minimum absolute atomic E-state index is 0.141. The molecule has 0 amide bonds. The summed E-state index contributed by atoms with van der Waals surface area (Å²) in [6.07, 6.45) is 1.12. The van der Waals surface area contributed by atoms with E-state index >= 15 is 0 Å². The summed E-state index contributed by atoms with van der Waals surface area (Å²) in [6.45, 7) is 23.5. The second kappa shape index (κ2) is 5.20. The fraction of sp³-hybridized carbons (Fsp3) is 0.700. The van der Waals surface area contributed by atoms with Crippen molar-refractivity contribution in [3.8, 4) is 0 Å². The van der Waals surface area contributed by atoms with Crippen molar-refractivity contribution in [3.63, 3.8) is 0 Å². The Hall–Kier alpha value is -0.780. The molecule has 0 spiro atoms. The molecule has 0 heterocycles. The number of aryl methyl sites for hydroxylation is 2. The smallest absolute Gasteiger partial charge is 0.00218 e. The first-order valence-electron chi connectivity index (χ1n) is 7.97. The Balaban J connectivity index is 3.65. The lowest BCUT2D eigenvalue weighted by atomic mass is 9.52. The molecule has 20 heavy (non-hydrogen) atoms. The summed E-state index contributed by atoms with van der Waals surface area (Å²) < 4.78 is 0. The predicted octanol–water partition coefficient (Wildman–Crippen LogP) is 6.22. The molecule has 0 aliphatic heterocycles. The zero-order valence-corrected chi connectivity index (χ0v) is 15.4. The lowest BCUT2D eigenvalue weighted by Crippen LogP contribution is -2.48. The highest BCUT2D eigenvalue weighted by Gasteiger charge is 2.47. The van der Waals surface area contributed by atoms with Crippen LogP contribution in [0.4, 0.5) is 0 Å². The van der Waals surface area contributed by atoms with Crippen molar-refractivity contribution >= 4 is 0 Å². The molecule has 0 bridgehead atoms. The maximum absolute atomic E-state index is 2.46. The van der Waals surface area contributed by atoms with Gasteiger partial charge in [-0.05, 0) is 53.4 Å². The Morgan fingerprint density at radius 1 is 0.800 bits per heavy atom. The van der Waals surface area contributed by atoms with Gasteiger partial charge in [0, 0.05) is 5.41 Å². The van der Waals surface area contributed by atoms with Crippen LogP contribution < -0.4 is 0 Å². The van der Waals surface area contributed by atoms with Crippen molar-refractivity contribution in [1.82, 2.24) is 0 Å². The van der Waals surface area contributed by atoms with E-state index in [2.05, 4.69) is 81.4 Å². The fourth-order valence-corrected chi connectivity index (χ4v) is 3.58. The van der Waals surface area contributed by atoms with Crippen molar-refractivity contribution in [3.05, 3.63) is 34.4 Å². The van der Waals surface area contributed by atoms with Crippen molar-refractivity contribution in [2.24, 2.45) is 10.8 Å². The third kappa shape index (κ3) is 2.67. The van der Waals surface area contributed by atoms with E-state index in [-0.39, 0.29) is 16.2 Å². The molecular formula is C20H34. The highest BCUT2D eigenvalue weighted by molar-refractivity contribution is 5.42. The quantitative estimate of drug-likeness (QED) is 0.601. The molecule has 114 valence electrons. The molecule has 0 saturated carbocycles. The van der Waals surface area contributed by atoms with Crippen LogP contribution in [0.15, 0.2) is 12.1 Å². The van der Waals surface area contributed by atoms with Crippen LogP contribution in [0.5, 0.6) is 0 Å². The minimum atomic E-state index is 0.141. The monoisotopic (exact) mass is 274 g/mol. The van der Waals surface area contributed by atoms with E-state index in [0.29, 0.717) is 0 Å². The summed E-state index contributed by atoms with van der Waals surface area (Å²) in [5.74, 6) is 0. The van der Waals surface area contributed by atoms with Crippen LogP contribution in [0.3, 0.4) is 0 Å². The Morgan fingerprint density at radius 3 is 1.60 bits per heavy atom. The van der Waals surface area contributed by atoms with Crippen LogP contribution in [0.25, 0.3) is 0 Å². The maximum Gasteiger partial charge on any atom is 0.00218 e. The number of hydrogen-bond acceptors (Lipinski definition) is 0. The van der Waals surface area contributed by atoms with Crippen LogP contribution in [-0.2, 0) is 11.8 Å². The van der Waals surface area contributed by atoms with Gasteiger partial charge < -0.3 is 0 Å². The standard InChI is InChI=1S/C20H34/c1-11-16-13-17(12-14(2)15(16)3)20(10,18(4,5)6)19(7,8)9/h12-13H,11H2,1-10H3. The zero-order chi connectivity index (χ0) is 15.9. The molecule has 1 aromatic carbocycles. The van der Waals surface area contributed by atoms with Crippen LogP contribution in [-0.4, -0.2) is 0 Å². The molecule has 0 aliphatic carbocycles. The van der Waals surface area contributed by atoms with Crippen LogP contribution in [0, 0.1) is 24.7 Å².